The molecule has 0 spiro atoms. The minimum Gasteiger partial charge on any atom is -0.376 e. The molecule has 166 valence electrons. The lowest BCUT2D eigenvalue weighted by Crippen LogP contribution is -2.36. The first-order valence-electron chi connectivity index (χ1n) is 11.1. The third-order valence-electron chi connectivity index (χ3n) is 5.83. The summed E-state index contributed by atoms with van der Waals surface area (Å²) in [4.78, 5) is 39.2. The minimum absolute atomic E-state index is 0.0197. The van der Waals surface area contributed by atoms with Crippen molar-refractivity contribution in [1.82, 2.24) is 19.9 Å². The first-order chi connectivity index (χ1) is 16.2. The predicted octanol–water partition coefficient (Wildman–Crippen LogP) is 3.69. The topological polar surface area (TPSA) is 88.2 Å². The van der Waals surface area contributed by atoms with Crippen molar-refractivity contribution < 1.29 is 9.53 Å². The Kier molecular flexibility index (Phi) is 5.95. The van der Waals surface area contributed by atoms with Crippen molar-refractivity contribution in [3.63, 3.8) is 0 Å². The largest absolute Gasteiger partial charge is 0.376 e. The van der Waals surface area contributed by atoms with Gasteiger partial charge in [-0.3, -0.25) is 14.6 Å². The zero-order chi connectivity index (χ0) is 22.6. The van der Waals surface area contributed by atoms with E-state index in [0.29, 0.717) is 29.9 Å². The number of hydrogen-bond donors (Lipinski definition) is 1. The lowest BCUT2D eigenvalue weighted by molar-refractivity contribution is -0.128. The van der Waals surface area contributed by atoms with Gasteiger partial charge < -0.3 is 14.6 Å². The quantitative estimate of drug-likeness (QED) is 0.462. The molecule has 2 aromatic heterocycles. The van der Waals surface area contributed by atoms with E-state index in [1.807, 2.05) is 36.4 Å². The SMILES string of the molecule is O=C(C=Cc1cccc2cccnc12)N(Cc1nc2ccccc2c(=O)[nH]1)CC1CCCO1. The average molecular weight is 441 g/mol. The lowest BCUT2D eigenvalue weighted by Gasteiger charge is -2.24. The van der Waals surface area contributed by atoms with Crippen LogP contribution in [0.4, 0.5) is 0 Å². The highest BCUT2D eigenvalue weighted by molar-refractivity contribution is 5.95. The number of benzene rings is 2. The minimum atomic E-state index is -0.211. The Morgan fingerprint density at radius 2 is 2.03 bits per heavy atom. The van der Waals surface area contributed by atoms with Gasteiger partial charge in [-0.15, -0.1) is 0 Å². The molecule has 7 nitrogen and oxygen atoms in total. The highest BCUT2D eigenvalue weighted by Gasteiger charge is 2.22. The standard InChI is InChI=1S/C26H24N4O3/c31-24(13-12-19-7-3-6-18-8-4-14-27-25(18)19)30(16-20-9-5-15-33-20)17-23-28-22-11-2-1-10-21(22)26(32)29-23/h1-4,6-8,10-14,20H,5,9,15-17H2,(H,28,29,32). The van der Waals surface area contributed by atoms with E-state index in [2.05, 4.69) is 15.0 Å². The van der Waals surface area contributed by atoms with Crippen LogP contribution in [0.15, 0.2) is 71.7 Å². The molecule has 1 aliphatic rings. The Balaban J connectivity index is 1.42. The summed E-state index contributed by atoms with van der Waals surface area (Å²) < 4.78 is 5.77. The third kappa shape index (κ3) is 4.68. The number of nitrogens with one attached hydrogen (secondary N) is 1. The van der Waals surface area contributed by atoms with Crippen LogP contribution in [0, 0.1) is 0 Å². The zero-order valence-electron chi connectivity index (χ0n) is 18.1. The molecule has 0 saturated carbocycles. The van der Waals surface area contributed by atoms with Gasteiger partial charge in [0, 0.05) is 36.4 Å². The lowest BCUT2D eigenvalue weighted by atomic mass is 10.1. The molecule has 1 saturated heterocycles. The molecule has 4 aromatic rings. The first-order valence-corrected chi connectivity index (χ1v) is 11.1. The number of pyridine rings is 1. The first kappa shape index (κ1) is 21.0. The molecule has 2 aromatic carbocycles. The highest BCUT2D eigenvalue weighted by Crippen LogP contribution is 2.19. The van der Waals surface area contributed by atoms with Crippen LogP contribution >= 0.6 is 0 Å². The van der Waals surface area contributed by atoms with Gasteiger partial charge in [0.25, 0.3) is 5.56 Å². The van der Waals surface area contributed by atoms with E-state index >= 15 is 0 Å². The van der Waals surface area contributed by atoms with Crippen LogP contribution in [0.3, 0.4) is 0 Å². The summed E-state index contributed by atoms with van der Waals surface area (Å²) in [6.07, 6.45) is 6.95. The average Bonchev–Trinajstić information content (AvgIpc) is 3.35. The van der Waals surface area contributed by atoms with Crippen LogP contribution in [0.2, 0.25) is 0 Å². The van der Waals surface area contributed by atoms with Gasteiger partial charge in [-0.25, -0.2) is 4.98 Å². The summed E-state index contributed by atoms with van der Waals surface area (Å²) in [7, 11) is 0. The number of aromatic amines is 1. The number of amides is 1. The van der Waals surface area contributed by atoms with Gasteiger partial charge in [0.05, 0.1) is 29.1 Å². The van der Waals surface area contributed by atoms with Gasteiger partial charge in [-0.2, -0.15) is 0 Å². The molecule has 1 fully saturated rings. The fourth-order valence-electron chi connectivity index (χ4n) is 4.19. The highest BCUT2D eigenvalue weighted by atomic mass is 16.5. The molecule has 1 atom stereocenters. The molecule has 3 heterocycles. The molecular formula is C26H24N4O3. The zero-order valence-corrected chi connectivity index (χ0v) is 18.1. The van der Waals surface area contributed by atoms with E-state index in [0.717, 1.165) is 29.3 Å². The number of fused-ring (bicyclic) bond motifs is 2. The summed E-state index contributed by atoms with van der Waals surface area (Å²) in [6, 6.07) is 16.9. The van der Waals surface area contributed by atoms with Crippen molar-refractivity contribution in [2.75, 3.05) is 13.2 Å². The number of nitrogens with zero attached hydrogens (tertiary/aromatic N) is 3. The maximum absolute atomic E-state index is 13.2. The maximum atomic E-state index is 13.2. The van der Waals surface area contributed by atoms with E-state index in [9.17, 15) is 9.59 Å². The summed E-state index contributed by atoms with van der Waals surface area (Å²) >= 11 is 0. The van der Waals surface area contributed by atoms with Crippen LogP contribution in [0.25, 0.3) is 27.9 Å². The van der Waals surface area contributed by atoms with Crippen molar-refractivity contribution in [3.05, 3.63) is 88.6 Å². The van der Waals surface area contributed by atoms with Gasteiger partial charge >= 0.3 is 0 Å². The number of hydrogen-bond acceptors (Lipinski definition) is 5. The number of carbonyl (C=O) groups is 1. The summed E-state index contributed by atoms with van der Waals surface area (Å²) in [5.74, 6) is 0.277. The van der Waals surface area contributed by atoms with Crippen molar-refractivity contribution in [1.29, 1.82) is 0 Å². The Morgan fingerprint density at radius 1 is 1.15 bits per heavy atom. The van der Waals surface area contributed by atoms with Crippen LogP contribution in [0.1, 0.15) is 24.2 Å². The van der Waals surface area contributed by atoms with Gasteiger partial charge in [0.2, 0.25) is 5.91 Å². The summed E-state index contributed by atoms with van der Waals surface area (Å²) in [5, 5.41) is 1.54. The van der Waals surface area contributed by atoms with Gasteiger partial charge in [0.15, 0.2) is 0 Å². The molecule has 0 aliphatic carbocycles. The maximum Gasteiger partial charge on any atom is 0.258 e. The van der Waals surface area contributed by atoms with Crippen LogP contribution in [-0.2, 0) is 16.1 Å². The Hall–Kier alpha value is -3.84. The van der Waals surface area contributed by atoms with E-state index in [-0.39, 0.29) is 24.1 Å². The number of H-pyrrole nitrogens is 1. The van der Waals surface area contributed by atoms with E-state index < -0.39 is 0 Å². The fourth-order valence-corrected chi connectivity index (χ4v) is 4.19. The molecule has 7 heteroatoms. The van der Waals surface area contributed by atoms with Crippen molar-refractivity contribution in [3.8, 4) is 0 Å². The molecule has 1 N–H and O–H groups in total. The van der Waals surface area contributed by atoms with E-state index in [1.165, 1.54) is 0 Å². The molecule has 1 aliphatic heterocycles. The van der Waals surface area contributed by atoms with Crippen LogP contribution in [0.5, 0.6) is 0 Å². The van der Waals surface area contributed by atoms with Crippen LogP contribution < -0.4 is 5.56 Å². The number of aromatic nitrogens is 3. The second-order valence-corrected chi connectivity index (χ2v) is 8.14. The summed E-state index contributed by atoms with van der Waals surface area (Å²) in [6.45, 7) is 1.33. The molecule has 33 heavy (non-hydrogen) atoms. The second-order valence-electron chi connectivity index (χ2n) is 8.14. The predicted molar refractivity (Wildman–Crippen MR) is 128 cm³/mol. The van der Waals surface area contributed by atoms with Crippen LogP contribution in [-0.4, -0.2) is 45.0 Å². The molecular weight excluding hydrogens is 416 g/mol. The number of carbonyl (C=O) groups excluding carboxylic acids is 1. The van der Waals surface area contributed by atoms with E-state index in [1.54, 1.807) is 41.4 Å². The van der Waals surface area contributed by atoms with Gasteiger partial charge in [-0.05, 0) is 37.1 Å². The smallest absolute Gasteiger partial charge is 0.258 e. The van der Waals surface area contributed by atoms with Crippen molar-refractivity contribution >= 4 is 33.8 Å². The normalized spacial score (nSPS) is 16.1. The molecule has 1 unspecified atom stereocenters. The number of ether oxygens (including phenoxy) is 1. The summed E-state index contributed by atoms with van der Waals surface area (Å²) in [5.41, 5.74) is 2.11. The van der Waals surface area contributed by atoms with Crippen molar-refractivity contribution in [2.24, 2.45) is 0 Å². The second kappa shape index (κ2) is 9.34. The van der Waals surface area contributed by atoms with Gasteiger partial charge in [-0.1, -0.05) is 36.4 Å². The Labute approximate surface area is 190 Å². The monoisotopic (exact) mass is 440 g/mol. The molecule has 5 rings (SSSR count). The molecule has 0 bridgehead atoms. The number of para-hydroxylation sites is 2. The number of rotatable bonds is 6. The molecule has 1 amide bonds. The third-order valence-corrected chi connectivity index (χ3v) is 5.83. The Bertz CT molecular complexity index is 1380. The van der Waals surface area contributed by atoms with E-state index in [4.69, 9.17) is 4.74 Å². The van der Waals surface area contributed by atoms with Gasteiger partial charge in [0.1, 0.15) is 5.82 Å². The fraction of sp³-hybridized carbons (Fsp3) is 0.231. The van der Waals surface area contributed by atoms with Crippen molar-refractivity contribution in [2.45, 2.75) is 25.5 Å². The Morgan fingerprint density at radius 3 is 2.91 bits per heavy atom. The molecule has 0 radical (unpaired) electrons.